The van der Waals surface area contributed by atoms with Crippen molar-refractivity contribution >= 4 is 11.7 Å². The summed E-state index contributed by atoms with van der Waals surface area (Å²) in [5, 5.41) is 7.02. The first-order valence-corrected chi connectivity index (χ1v) is 9.23. The van der Waals surface area contributed by atoms with E-state index in [1.54, 1.807) is 27.9 Å². The van der Waals surface area contributed by atoms with Crippen molar-refractivity contribution in [2.75, 3.05) is 18.4 Å². The number of rotatable bonds is 3. The number of amides is 2. The minimum atomic E-state index is -4.34. The molecule has 4 rings (SSSR count). The van der Waals surface area contributed by atoms with Crippen molar-refractivity contribution in [1.82, 2.24) is 14.7 Å². The number of hydrogen-bond acceptors (Lipinski definition) is 2. The summed E-state index contributed by atoms with van der Waals surface area (Å²) < 4.78 is 39.9. The molecule has 1 saturated heterocycles. The molecular weight excluding hydrogens is 381 g/mol. The summed E-state index contributed by atoms with van der Waals surface area (Å²) in [6, 6.07) is 14.1. The molecule has 150 valence electrons. The van der Waals surface area contributed by atoms with E-state index in [9.17, 15) is 18.0 Å². The van der Waals surface area contributed by atoms with Crippen molar-refractivity contribution in [3.8, 4) is 5.69 Å². The molecule has 3 aromatic rings. The van der Waals surface area contributed by atoms with Gasteiger partial charge in [0.25, 0.3) is 0 Å². The van der Waals surface area contributed by atoms with Crippen LogP contribution in [0.2, 0.25) is 0 Å². The number of alkyl halides is 3. The zero-order chi connectivity index (χ0) is 20.4. The zero-order valence-corrected chi connectivity index (χ0v) is 15.4. The first-order valence-electron chi connectivity index (χ1n) is 9.23. The largest absolute Gasteiger partial charge is 0.416 e. The number of hydrogen-bond donors (Lipinski definition) is 1. The molecule has 0 radical (unpaired) electrons. The number of carbonyl (C=O) groups is 1. The fraction of sp³-hybridized carbons (Fsp3) is 0.238. The normalized spacial score (nSPS) is 16.8. The standard InChI is InChI=1S/C21H19F3N4O/c22-21(23,24)17-4-2-15(3-5-17)16-10-13-27(14-16)20(29)26-18-6-8-19(9-7-18)28-12-1-11-25-28/h1-9,11-12,16H,10,13-14H2,(H,26,29). The highest BCUT2D eigenvalue weighted by molar-refractivity contribution is 5.89. The summed E-state index contributed by atoms with van der Waals surface area (Å²) in [6.07, 6.45) is -0.0978. The Morgan fingerprint density at radius 3 is 2.41 bits per heavy atom. The Morgan fingerprint density at radius 1 is 1.07 bits per heavy atom. The second-order valence-electron chi connectivity index (χ2n) is 6.98. The lowest BCUT2D eigenvalue weighted by molar-refractivity contribution is -0.137. The van der Waals surface area contributed by atoms with E-state index in [0.29, 0.717) is 18.8 Å². The first-order chi connectivity index (χ1) is 13.9. The lowest BCUT2D eigenvalue weighted by atomic mass is 9.97. The van der Waals surface area contributed by atoms with Crippen LogP contribution in [0.15, 0.2) is 67.0 Å². The number of likely N-dealkylation sites (tertiary alicyclic amines) is 1. The van der Waals surface area contributed by atoms with Crippen molar-refractivity contribution in [3.63, 3.8) is 0 Å². The minimum Gasteiger partial charge on any atom is -0.324 e. The number of urea groups is 1. The van der Waals surface area contributed by atoms with Gasteiger partial charge in [-0.25, -0.2) is 9.48 Å². The first kappa shape index (κ1) is 19.0. The number of nitrogens with one attached hydrogen (secondary N) is 1. The van der Waals surface area contributed by atoms with Crippen LogP contribution in [0.25, 0.3) is 5.69 Å². The molecule has 2 amide bonds. The van der Waals surface area contributed by atoms with E-state index in [-0.39, 0.29) is 11.9 Å². The number of benzene rings is 2. The van der Waals surface area contributed by atoms with Crippen LogP contribution in [0.4, 0.5) is 23.7 Å². The van der Waals surface area contributed by atoms with Crippen LogP contribution in [0, 0.1) is 0 Å². The third kappa shape index (κ3) is 4.26. The van der Waals surface area contributed by atoms with E-state index in [2.05, 4.69) is 10.4 Å². The molecule has 1 aromatic heterocycles. The van der Waals surface area contributed by atoms with Gasteiger partial charge in [0, 0.05) is 37.1 Å². The van der Waals surface area contributed by atoms with Crippen LogP contribution in [0.1, 0.15) is 23.5 Å². The second-order valence-corrected chi connectivity index (χ2v) is 6.98. The average Bonchev–Trinajstić information content (AvgIpc) is 3.40. The second kappa shape index (κ2) is 7.62. The molecule has 1 aliphatic rings. The van der Waals surface area contributed by atoms with Crippen LogP contribution in [0.5, 0.6) is 0 Å². The molecule has 1 unspecified atom stereocenters. The molecule has 1 fully saturated rings. The van der Waals surface area contributed by atoms with E-state index in [4.69, 9.17) is 0 Å². The minimum absolute atomic E-state index is 0.0326. The van der Waals surface area contributed by atoms with Crippen LogP contribution in [-0.2, 0) is 6.18 Å². The summed E-state index contributed by atoms with van der Waals surface area (Å²) >= 11 is 0. The van der Waals surface area contributed by atoms with Gasteiger partial charge in [-0.05, 0) is 54.4 Å². The quantitative estimate of drug-likeness (QED) is 0.679. The topological polar surface area (TPSA) is 50.2 Å². The summed E-state index contributed by atoms with van der Waals surface area (Å²) in [5.74, 6) is 0.0326. The molecule has 1 N–H and O–H groups in total. The van der Waals surface area contributed by atoms with Gasteiger partial charge in [-0.15, -0.1) is 0 Å². The molecule has 2 heterocycles. The molecule has 5 nitrogen and oxygen atoms in total. The van der Waals surface area contributed by atoms with Gasteiger partial charge in [-0.3, -0.25) is 0 Å². The number of anilines is 1. The van der Waals surface area contributed by atoms with Crippen molar-refractivity contribution in [3.05, 3.63) is 78.1 Å². The monoisotopic (exact) mass is 400 g/mol. The Labute approximate surface area is 165 Å². The molecule has 29 heavy (non-hydrogen) atoms. The molecule has 8 heteroatoms. The van der Waals surface area contributed by atoms with Gasteiger partial charge in [-0.1, -0.05) is 12.1 Å². The molecule has 1 atom stereocenters. The van der Waals surface area contributed by atoms with E-state index in [0.717, 1.165) is 29.8 Å². The highest BCUT2D eigenvalue weighted by atomic mass is 19.4. The van der Waals surface area contributed by atoms with Gasteiger partial charge in [0.05, 0.1) is 11.3 Å². The van der Waals surface area contributed by atoms with E-state index in [1.807, 2.05) is 24.4 Å². The Bertz CT molecular complexity index is 967. The summed E-state index contributed by atoms with van der Waals surface area (Å²) in [6.45, 7) is 1.03. The smallest absolute Gasteiger partial charge is 0.324 e. The van der Waals surface area contributed by atoms with Gasteiger partial charge in [0.1, 0.15) is 0 Å². The van der Waals surface area contributed by atoms with Gasteiger partial charge in [0.15, 0.2) is 0 Å². The summed E-state index contributed by atoms with van der Waals surface area (Å²) in [5.41, 5.74) is 1.71. The van der Waals surface area contributed by atoms with Crippen molar-refractivity contribution in [1.29, 1.82) is 0 Å². The predicted molar refractivity (Wildman–Crippen MR) is 103 cm³/mol. The van der Waals surface area contributed by atoms with Crippen LogP contribution in [-0.4, -0.2) is 33.8 Å². The average molecular weight is 400 g/mol. The maximum Gasteiger partial charge on any atom is 0.416 e. The molecule has 0 bridgehead atoms. The van der Waals surface area contributed by atoms with Gasteiger partial charge >= 0.3 is 12.2 Å². The Morgan fingerprint density at radius 2 is 1.79 bits per heavy atom. The third-order valence-electron chi connectivity index (χ3n) is 5.07. The Hall–Kier alpha value is -3.29. The molecule has 0 saturated carbocycles. The third-order valence-corrected chi connectivity index (χ3v) is 5.07. The maximum atomic E-state index is 12.7. The van der Waals surface area contributed by atoms with Crippen molar-refractivity contribution < 1.29 is 18.0 Å². The predicted octanol–water partition coefficient (Wildman–Crippen LogP) is 4.91. The van der Waals surface area contributed by atoms with Crippen molar-refractivity contribution in [2.24, 2.45) is 0 Å². The highest BCUT2D eigenvalue weighted by Crippen LogP contribution is 2.32. The van der Waals surface area contributed by atoms with Crippen LogP contribution in [0.3, 0.4) is 0 Å². The molecule has 0 aliphatic carbocycles. The van der Waals surface area contributed by atoms with Gasteiger partial charge in [0.2, 0.25) is 0 Å². The fourth-order valence-corrected chi connectivity index (χ4v) is 3.48. The number of aromatic nitrogens is 2. The fourth-order valence-electron chi connectivity index (χ4n) is 3.48. The molecule has 1 aliphatic heterocycles. The lowest BCUT2D eigenvalue weighted by Gasteiger charge is -2.18. The summed E-state index contributed by atoms with van der Waals surface area (Å²) in [4.78, 5) is 14.2. The van der Waals surface area contributed by atoms with Crippen molar-refractivity contribution in [2.45, 2.75) is 18.5 Å². The van der Waals surface area contributed by atoms with E-state index in [1.165, 1.54) is 12.1 Å². The van der Waals surface area contributed by atoms with Gasteiger partial charge < -0.3 is 10.2 Å². The molecule has 2 aromatic carbocycles. The van der Waals surface area contributed by atoms with E-state index >= 15 is 0 Å². The zero-order valence-electron chi connectivity index (χ0n) is 15.4. The van der Waals surface area contributed by atoms with E-state index < -0.39 is 11.7 Å². The number of halogens is 3. The molecule has 0 spiro atoms. The van der Waals surface area contributed by atoms with Crippen LogP contribution < -0.4 is 5.32 Å². The Kier molecular flexibility index (Phi) is 5.00. The number of carbonyl (C=O) groups excluding carboxylic acids is 1. The van der Waals surface area contributed by atoms with Gasteiger partial charge in [-0.2, -0.15) is 18.3 Å². The van der Waals surface area contributed by atoms with Crippen LogP contribution >= 0.6 is 0 Å². The Balaban J connectivity index is 1.36. The highest BCUT2D eigenvalue weighted by Gasteiger charge is 2.31. The lowest BCUT2D eigenvalue weighted by Crippen LogP contribution is -2.32. The SMILES string of the molecule is O=C(Nc1ccc(-n2cccn2)cc1)N1CCC(c2ccc(C(F)(F)F)cc2)C1. The number of nitrogens with zero attached hydrogens (tertiary/aromatic N) is 3. The maximum absolute atomic E-state index is 12.7. The summed E-state index contributed by atoms with van der Waals surface area (Å²) in [7, 11) is 0. The molecular formula is C21H19F3N4O.